The normalized spacial score (nSPS) is 12.0. The van der Waals surface area contributed by atoms with Gasteiger partial charge in [-0.25, -0.2) is 4.39 Å². The zero-order valence-electron chi connectivity index (χ0n) is 11.6. The molecule has 0 heterocycles. The first-order valence-corrected chi connectivity index (χ1v) is 7.05. The third kappa shape index (κ3) is 3.31. The minimum atomic E-state index is -1.34. The van der Waals surface area contributed by atoms with Gasteiger partial charge in [0.15, 0.2) is 5.78 Å². The van der Waals surface area contributed by atoms with E-state index in [1.807, 2.05) is 6.92 Å². The van der Waals surface area contributed by atoms with Crippen LogP contribution < -0.4 is 4.74 Å². The summed E-state index contributed by atoms with van der Waals surface area (Å²) < 4.78 is 18.5. The number of ketones is 1. The van der Waals surface area contributed by atoms with E-state index in [2.05, 4.69) is 15.9 Å². The summed E-state index contributed by atoms with van der Waals surface area (Å²) in [5.74, 6) is -0.219. The molecule has 1 N–H and O–H groups in total. The number of aryl methyl sites for hydroxylation is 1. The number of aliphatic hydroxyl groups is 1. The van der Waals surface area contributed by atoms with Crippen LogP contribution >= 0.6 is 15.9 Å². The molecule has 0 unspecified atom stereocenters. The van der Waals surface area contributed by atoms with Crippen LogP contribution in [-0.4, -0.2) is 18.0 Å². The Labute approximate surface area is 130 Å². The standard InChI is InChI=1S/C16H14BrFO3/c1-9-7-10(4-6-14(9)21-2)15(19)16(20)11-3-5-13(18)12(17)8-11/h3-8,16,20H,1-2H3/t16-/m0/s1. The summed E-state index contributed by atoms with van der Waals surface area (Å²) in [6.45, 7) is 1.82. The molecular formula is C16H14BrFO3. The van der Waals surface area contributed by atoms with Crippen molar-refractivity contribution in [2.45, 2.75) is 13.0 Å². The fourth-order valence-electron chi connectivity index (χ4n) is 2.02. The molecule has 0 saturated carbocycles. The quantitative estimate of drug-likeness (QED) is 0.850. The van der Waals surface area contributed by atoms with Crippen LogP contribution in [0.4, 0.5) is 4.39 Å². The average Bonchev–Trinajstić information content (AvgIpc) is 2.48. The Morgan fingerprint density at radius 1 is 1.29 bits per heavy atom. The van der Waals surface area contributed by atoms with Crippen LogP contribution in [0, 0.1) is 12.7 Å². The summed E-state index contributed by atoms with van der Waals surface area (Å²) in [5.41, 5.74) is 1.51. The van der Waals surface area contributed by atoms with E-state index in [0.29, 0.717) is 16.9 Å². The topological polar surface area (TPSA) is 46.5 Å². The zero-order valence-corrected chi connectivity index (χ0v) is 13.1. The number of hydrogen-bond donors (Lipinski definition) is 1. The number of aliphatic hydroxyl groups excluding tert-OH is 1. The van der Waals surface area contributed by atoms with E-state index in [4.69, 9.17) is 4.74 Å². The van der Waals surface area contributed by atoms with Gasteiger partial charge in [-0.2, -0.15) is 0 Å². The molecule has 0 fully saturated rings. The van der Waals surface area contributed by atoms with Crippen molar-refractivity contribution >= 4 is 21.7 Å². The molecule has 1 atom stereocenters. The van der Waals surface area contributed by atoms with Crippen molar-refractivity contribution in [2.75, 3.05) is 7.11 Å². The molecule has 21 heavy (non-hydrogen) atoms. The van der Waals surface area contributed by atoms with Crippen LogP contribution in [0.25, 0.3) is 0 Å². The lowest BCUT2D eigenvalue weighted by Gasteiger charge is -2.12. The number of Topliss-reactive ketones (excluding diaryl/α,β-unsaturated/α-hetero) is 1. The Morgan fingerprint density at radius 2 is 2.00 bits per heavy atom. The van der Waals surface area contributed by atoms with Gasteiger partial charge in [-0.3, -0.25) is 4.79 Å². The Kier molecular flexibility index (Phi) is 4.75. The molecule has 3 nitrogen and oxygen atoms in total. The molecule has 0 bridgehead atoms. The maximum atomic E-state index is 13.2. The van der Waals surface area contributed by atoms with Crippen molar-refractivity contribution in [3.8, 4) is 5.75 Å². The molecule has 110 valence electrons. The number of carbonyl (C=O) groups is 1. The summed E-state index contributed by atoms with van der Waals surface area (Å²) in [6, 6.07) is 8.91. The van der Waals surface area contributed by atoms with Crippen LogP contribution in [0.5, 0.6) is 5.75 Å². The molecule has 2 aromatic carbocycles. The number of carbonyl (C=O) groups excluding carboxylic acids is 1. The monoisotopic (exact) mass is 352 g/mol. The van der Waals surface area contributed by atoms with Crippen molar-refractivity contribution in [3.63, 3.8) is 0 Å². The largest absolute Gasteiger partial charge is 0.496 e. The van der Waals surface area contributed by atoms with E-state index in [-0.39, 0.29) is 4.47 Å². The van der Waals surface area contributed by atoms with E-state index in [1.54, 1.807) is 25.3 Å². The van der Waals surface area contributed by atoms with Gasteiger partial charge in [-0.15, -0.1) is 0 Å². The summed E-state index contributed by atoms with van der Waals surface area (Å²) in [7, 11) is 1.55. The van der Waals surface area contributed by atoms with Crippen LogP contribution in [0.1, 0.15) is 27.6 Å². The number of benzene rings is 2. The van der Waals surface area contributed by atoms with Gasteiger partial charge >= 0.3 is 0 Å². The van der Waals surface area contributed by atoms with Gasteiger partial charge in [0.25, 0.3) is 0 Å². The predicted octanol–water partition coefficient (Wildman–Crippen LogP) is 3.82. The van der Waals surface area contributed by atoms with Crippen LogP contribution in [-0.2, 0) is 0 Å². The van der Waals surface area contributed by atoms with Gasteiger partial charge in [0.2, 0.25) is 0 Å². The third-order valence-electron chi connectivity index (χ3n) is 3.19. The van der Waals surface area contributed by atoms with E-state index < -0.39 is 17.7 Å². The average molecular weight is 353 g/mol. The molecule has 0 spiro atoms. The number of halogens is 2. The van der Waals surface area contributed by atoms with E-state index in [0.717, 1.165) is 5.56 Å². The van der Waals surface area contributed by atoms with Gasteiger partial charge in [0.05, 0.1) is 11.6 Å². The Balaban J connectivity index is 2.30. The first-order chi connectivity index (χ1) is 9.93. The van der Waals surface area contributed by atoms with Crippen LogP contribution in [0.15, 0.2) is 40.9 Å². The van der Waals surface area contributed by atoms with Gasteiger partial charge in [0, 0.05) is 5.56 Å². The Morgan fingerprint density at radius 3 is 2.57 bits per heavy atom. The lowest BCUT2D eigenvalue weighted by atomic mass is 9.98. The number of hydrogen-bond acceptors (Lipinski definition) is 3. The molecular weight excluding hydrogens is 339 g/mol. The first kappa shape index (κ1) is 15.7. The number of rotatable bonds is 4. The summed E-state index contributed by atoms with van der Waals surface area (Å²) in [6.07, 6.45) is -1.34. The molecule has 0 radical (unpaired) electrons. The third-order valence-corrected chi connectivity index (χ3v) is 3.79. The van der Waals surface area contributed by atoms with Gasteiger partial charge in [0.1, 0.15) is 17.7 Å². The molecule has 0 aliphatic heterocycles. The Bertz CT molecular complexity index is 685. The lowest BCUT2D eigenvalue weighted by Crippen LogP contribution is -2.12. The zero-order chi connectivity index (χ0) is 15.6. The van der Waals surface area contributed by atoms with Crippen LogP contribution in [0.2, 0.25) is 0 Å². The molecule has 0 amide bonds. The summed E-state index contributed by atoms with van der Waals surface area (Å²) in [5, 5.41) is 10.2. The van der Waals surface area contributed by atoms with Gasteiger partial charge in [-0.1, -0.05) is 6.07 Å². The van der Waals surface area contributed by atoms with E-state index in [9.17, 15) is 14.3 Å². The smallest absolute Gasteiger partial charge is 0.195 e. The number of methoxy groups -OCH3 is 1. The van der Waals surface area contributed by atoms with E-state index >= 15 is 0 Å². The maximum Gasteiger partial charge on any atom is 0.195 e. The molecule has 5 heteroatoms. The van der Waals surface area contributed by atoms with Crippen molar-refractivity contribution in [2.24, 2.45) is 0 Å². The second kappa shape index (κ2) is 6.37. The molecule has 2 aromatic rings. The van der Waals surface area contributed by atoms with Crippen molar-refractivity contribution in [1.29, 1.82) is 0 Å². The van der Waals surface area contributed by atoms with Gasteiger partial charge in [-0.05, 0) is 64.3 Å². The Hall–Kier alpha value is -1.72. The molecule has 0 aliphatic rings. The second-order valence-electron chi connectivity index (χ2n) is 4.62. The lowest BCUT2D eigenvalue weighted by molar-refractivity contribution is 0.0747. The molecule has 0 saturated heterocycles. The highest BCUT2D eigenvalue weighted by molar-refractivity contribution is 9.10. The minimum Gasteiger partial charge on any atom is -0.496 e. The predicted molar refractivity (Wildman–Crippen MR) is 81.1 cm³/mol. The highest BCUT2D eigenvalue weighted by Gasteiger charge is 2.20. The summed E-state index contributed by atoms with van der Waals surface area (Å²) >= 11 is 3.04. The molecule has 0 aromatic heterocycles. The van der Waals surface area contributed by atoms with Crippen molar-refractivity contribution in [3.05, 3.63) is 63.4 Å². The van der Waals surface area contributed by atoms with Crippen molar-refractivity contribution < 1.29 is 19.0 Å². The highest BCUT2D eigenvalue weighted by Crippen LogP contribution is 2.26. The fraction of sp³-hybridized carbons (Fsp3) is 0.188. The molecule has 2 rings (SSSR count). The fourth-order valence-corrected chi connectivity index (χ4v) is 2.42. The molecule has 0 aliphatic carbocycles. The summed E-state index contributed by atoms with van der Waals surface area (Å²) in [4.78, 5) is 12.3. The SMILES string of the molecule is COc1ccc(C(=O)[C@@H](O)c2ccc(F)c(Br)c2)cc1C. The first-order valence-electron chi connectivity index (χ1n) is 6.26. The van der Waals surface area contributed by atoms with E-state index in [1.165, 1.54) is 18.2 Å². The van der Waals surface area contributed by atoms with Gasteiger partial charge < -0.3 is 9.84 Å². The van der Waals surface area contributed by atoms with Crippen LogP contribution in [0.3, 0.4) is 0 Å². The second-order valence-corrected chi connectivity index (χ2v) is 5.48. The minimum absolute atomic E-state index is 0.206. The maximum absolute atomic E-state index is 13.2. The highest BCUT2D eigenvalue weighted by atomic mass is 79.9. The van der Waals surface area contributed by atoms with Crippen molar-refractivity contribution in [1.82, 2.24) is 0 Å². The number of ether oxygens (including phenoxy) is 1.